The molecule has 0 unspecified atom stereocenters. The van der Waals surface area contributed by atoms with E-state index in [1.54, 1.807) is 6.20 Å². The topological polar surface area (TPSA) is 58.1 Å². The second kappa shape index (κ2) is 9.97. The van der Waals surface area contributed by atoms with Gasteiger partial charge in [-0.15, -0.1) is 0 Å². The largest absolute Gasteiger partial charge is 0.352 e. The van der Waals surface area contributed by atoms with Crippen LogP contribution < -0.4 is 5.32 Å². The Labute approximate surface area is 173 Å². The molecule has 0 radical (unpaired) electrons. The van der Waals surface area contributed by atoms with Gasteiger partial charge in [0.25, 0.3) is 5.91 Å². The minimum Gasteiger partial charge on any atom is -0.352 e. The van der Waals surface area contributed by atoms with Crippen molar-refractivity contribution in [2.45, 2.75) is 57.4 Å². The van der Waals surface area contributed by atoms with Crippen LogP contribution in [0, 0.1) is 5.92 Å². The molecular formula is C24H32N4O. The van der Waals surface area contributed by atoms with Gasteiger partial charge in [-0.05, 0) is 56.0 Å². The van der Waals surface area contributed by atoms with Crippen molar-refractivity contribution in [1.29, 1.82) is 0 Å². The molecule has 2 aromatic rings. The van der Waals surface area contributed by atoms with Crippen LogP contribution in [0.2, 0.25) is 0 Å². The molecule has 1 atom stereocenters. The fourth-order valence-corrected chi connectivity index (χ4v) is 4.73. The van der Waals surface area contributed by atoms with E-state index in [-0.39, 0.29) is 5.91 Å². The summed E-state index contributed by atoms with van der Waals surface area (Å²) in [5, 5.41) is 3.07. The Morgan fingerprint density at radius 2 is 1.97 bits per heavy atom. The van der Waals surface area contributed by atoms with Crippen LogP contribution in [0.15, 0.2) is 42.7 Å². The Morgan fingerprint density at radius 3 is 2.72 bits per heavy atom. The summed E-state index contributed by atoms with van der Waals surface area (Å²) in [7, 11) is 0. The Balaban J connectivity index is 1.28. The van der Waals surface area contributed by atoms with Gasteiger partial charge in [0.05, 0.1) is 11.3 Å². The number of amides is 1. The lowest BCUT2D eigenvalue weighted by Crippen LogP contribution is -2.34. The van der Waals surface area contributed by atoms with Crippen LogP contribution in [-0.4, -0.2) is 40.4 Å². The number of carbonyl (C=O) groups is 1. The summed E-state index contributed by atoms with van der Waals surface area (Å²) in [6.45, 7) is 3.76. The van der Waals surface area contributed by atoms with Gasteiger partial charge in [-0.1, -0.05) is 31.7 Å². The zero-order chi connectivity index (χ0) is 19.9. The molecule has 2 aromatic heterocycles. The van der Waals surface area contributed by atoms with Gasteiger partial charge in [-0.2, -0.15) is 0 Å². The summed E-state index contributed by atoms with van der Waals surface area (Å²) in [6, 6.07) is 10.1. The van der Waals surface area contributed by atoms with E-state index in [0.29, 0.717) is 11.5 Å². The number of rotatable bonds is 7. The molecule has 1 saturated heterocycles. The smallest absolute Gasteiger partial charge is 0.252 e. The molecule has 1 aliphatic carbocycles. The van der Waals surface area contributed by atoms with Gasteiger partial charge in [0.15, 0.2) is 0 Å². The van der Waals surface area contributed by atoms with E-state index in [4.69, 9.17) is 0 Å². The van der Waals surface area contributed by atoms with Crippen LogP contribution in [0.5, 0.6) is 0 Å². The summed E-state index contributed by atoms with van der Waals surface area (Å²) >= 11 is 0. The van der Waals surface area contributed by atoms with Crippen molar-refractivity contribution < 1.29 is 4.79 Å². The SMILES string of the molecule is O=C(NCCC1CCCC1)c1ccc([C@H]2CCCN(Cc3ccccn3)C2)nc1. The molecule has 3 heterocycles. The molecule has 0 aromatic carbocycles. The lowest BCUT2D eigenvalue weighted by atomic mass is 9.94. The van der Waals surface area contributed by atoms with Crippen LogP contribution in [0.4, 0.5) is 0 Å². The minimum atomic E-state index is 0.00229. The van der Waals surface area contributed by atoms with Crippen LogP contribution in [0.1, 0.15) is 72.6 Å². The third-order valence-corrected chi connectivity index (χ3v) is 6.40. The summed E-state index contributed by atoms with van der Waals surface area (Å²) in [4.78, 5) is 24.0. The average Bonchev–Trinajstić information content (AvgIpc) is 3.28. The molecule has 1 amide bonds. The van der Waals surface area contributed by atoms with E-state index in [1.165, 1.54) is 32.1 Å². The number of nitrogens with one attached hydrogen (secondary N) is 1. The third-order valence-electron chi connectivity index (χ3n) is 6.40. The van der Waals surface area contributed by atoms with Crippen LogP contribution >= 0.6 is 0 Å². The third kappa shape index (κ3) is 5.63. The summed E-state index contributed by atoms with van der Waals surface area (Å²) < 4.78 is 0. The quantitative estimate of drug-likeness (QED) is 0.768. The normalized spacial score (nSPS) is 20.6. The molecule has 1 N–H and O–H groups in total. The first kappa shape index (κ1) is 20.0. The molecule has 0 bridgehead atoms. The van der Waals surface area contributed by atoms with Crippen molar-refractivity contribution in [3.05, 3.63) is 59.7 Å². The number of hydrogen-bond acceptors (Lipinski definition) is 4. The monoisotopic (exact) mass is 392 g/mol. The fourth-order valence-electron chi connectivity index (χ4n) is 4.73. The van der Waals surface area contributed by atoms with E-state index in [1.807, 2.05) is 30.5 Å². The lowest BCUT2D eigenvalue weighted by Gasteiger charge is -2.32. The first-order valence-electron chi connectivity index (χ1n) is 11.1. The zero-order valence-electron chi connectivity index (χ0n) is 17.2. The Bertz CT molecular complexity index is 771. The highest BCUT2D eigenvalue weighted by Gasteiger charge is 2.23. The van der Waals surface area contributed by atoms with E-state index in [2.05, 4.69) is 26.3 Å². The summed E-state index contributed by atoms with van der Waals surface area (Å²) in [5.41, 5.74) is 2.88. The summed E-state index contributed by atoms with van der Waals surface area (Å²) in [6.07, 6.45) is 12.4. The van der Waals surface area contributed by atoms with E-state index in [0.717, 1.165) is 56.3 Å². The molecular weight excluding hydrogens is 360 g/mol. The van der Waals surface area contributed by atoms with Gasteiger partial charge in [0, 0.05) is 43.6 Å². The molecule has 2 aliphatic rings. The van der Waals surface area contributed by atoms with Crippen LogP contribution in [0.25, 0.3) is 0 Å². The predicted molar refractivity (Wildman–Crippen MR) is 115 cm³/mol. The number of pyridine rings is 2. The van der Waals surface area contributed by atoms with Gasteiger partial charge < -0.3 is 5.32 Å². The molecule has 1 aliphatic heterocycles. The first-order chi connectivity index (χ1) is 14.3. The molecule has 29 heavy (non-hydrogen) atoms. The van der Waals surface area contributed by atoms with Crippen molar-refractivity contribution in [2.24, 2.45) is 5.92 Å². The number of carbonyl (C=O) groups excluding carboxylic acids is 1. The van der Waals surface area contributed by atoms with E-state index in [9.17, 15) is 4.79 Å². The van der Waals surface area contributed by atoms with Crippen molar-refractivity contribution in [2.75, 3.05) is 19.6 Å². The van der Waals surface area contributed by atoms with E-state index >= 15 is 0 Å². The average molecular weight is 393 g/mol. The highest BCUT2D eigenvalue weighted by Crippen LogP contribution is 2.27. The molecule has 154 valence electrons. The lowest BCUT2D eigenvalue weighted by molar-refractivity contribution is 0.0951. The molecule has 1 saturated carbocycles. The second-order valence-electron chi connectivity index (χ2n) is 8.56. The van der Waals surface area contributed by atoms with Crippen LogP contribution in [0.3, 0.4) is 0 Å². The number of aromatic nitrogens is 2. The highest BCUT2D eigenvalue weighted by atomic mass is 16.1. The van der Waals surface area contributed by atoms with Gasteiger partial charge >= 0.3 is 0 Å². The molecule has 2 fully saturated rings. The van der Waals surface area contributed by atoms with E-state index < -0.39 is 0 Å². The molecule has 5 nitrogen and oxygen atoms in total. The molecule has 0 spiro atoms. The maximum absolute atomic E-state index is 12.4. The van der Waals surface area contributed by atoms with Gasteiger partial charge in [0.2, 0.25) is 0 Å². The first-order valence-corrected chi connectivity index (χ1v) is 11.1. The molecule has 4 rings (SSSR count). The van der Waals surface area contributed by atoms with Gasteiger partial charge in [0.1, 0.15) is 0 Å². The predicted octanol–water partition coefficient (Wildman–Crippen LogP) is 4.17. The van der Waals surface area contributed by atoms with Crippen molar-refractivity contribution in [1.82, 2.24) is 20.2 Å². The highest BCUT2D eigenvalue weighted by molar-refractivity contribution is 5.93. The number of piperidine rings is 1. The van der Waals surface area contributed by atoms with Crippen molar-refractivity contribution >= 4 is 5.91 Å². The zero-order valence-corrected chi connectivity index (χ0v) is 17.2. The second-order valence-corrected chi connectivity index (χ2v) is 8.56. The molecule has 5 heteroatoms. The Hall–Kier alpha value is -2.27. The maximum Gasteiger partial charge on any atom is 0.252 e. The van der Waals surface area contributed by atoms with Gasteiger partial charge in [-0.25, -0.2) is 0 Å². The minimum absolute atomic E-state index is 0.00229. The van der Waals surface area contributed by atoms with Crippen LogP contribution in [-0.2, 0) is 6.54 Å². The number of likely N-dealkylation sites (tertiary alicyclic amines) is 1. The Morgan fingerprint density at radius 1 is 1.07 bits per heavy atom. The van der Waals surface area contributed by atoms with Crippen molar-refractivity contribution in [3.8, 4) is 0 Å². The number of hydrogen-bond donors (Lipinski definition) is 1. The fraction of sp³-hybridized carbons (Fsp3) is 0.542. The number of nitrogens with zero attached hydrogens (tertiary/aromatic N) is 3. The van der Waals surface area contributed by atoms with Crippen molar-refractivity contribution in [3.63, 3.8) is 0 Å². The standard InChI is InChI=1S/C24H32N4O/c29-24(26-14-12-19-6-1-2-7-19)20-10-11-23(27-16-20)21-8-5-15-28(17-21)18-22-9-3-4-13-25-22/h3-4,9-11,13,16,19,21H,1-2,5-8,12,14-15,17-18H2,(H,26,29)/t21-/m0/s1. The maximum atomic E-state index is 12.4. The summed E-state index contributed by atoms with van der Waals surface area (Å²) in [5.74, 6) is 1.23. The Kier molecular flexibility index (Phi) is 6.88. The van der Waals surface area contributed by atoms with Gasteiger partial charge in [-0.3, -0.25) is 19.7 Å².